The SMILES string of the molecule is CC(C)OC(=O)N[C@H]1CC[C@H](c2ncc(-c3ccc(Nc4ncc[nH]4)cc3S(=O)(=O)N(C)C)s2)CC1. The first-order chi connectivity index (χ1) is 17.1. The minimum atomic E-state index is -3.71. The van der Waals surface area contributed by atoms with Crippen LogP contribution in [0.25, 0.3) is 10.4 Å². The lowest BCUT2D eigenvalue weighted by atomic mass is 9.86. The molecule has 36 heavy (non-hydrogen) atoms. The Hall–Kier alpha value is -2.96. The minimum Gasteiger partial charge on any atom is -0.447 e. The highest BCUT2D eigenvalue weighted by atomic mass is 32.2. The molecule has 0 radical (unpaired) electrons. The zero-order chi connectivity index (χ0) is 25.9. The molecular weight excluding hydrogens is 500 g/mol. The highest BCUT2D eigenvalue weighted by Gasteiger charge is 2.28. The lowest BCUT2D eigenvalue weighted by Gasteiger charge is -2.28. The molecule has 12 heteroatoms. The van der Waals surface area contributed by atoms with Gasteiger partial charge < -0.3 is 20.4 Å². The third-order valence-electron chi connectivity index (χ3n) is 6.03. The van der Waals surface area contributed by atoms with Crippen LogP contribution in [0.3, 0.4) is 0 Å². The maximum atomic E-state index is 13.2. The molecule has 1 fully saturated rings. The van der Waals surface area contributed by atoms with Gasteiger partial charge in [-0.2, -0.15) is 0 Å². The number of anilines is 2. The zero-order valence-electron chi connectivity index (χ0n) is 20.8. The highest BCUT2D eigenvalue weighted by Crippen LogP contribution is 2.40. The van der Waals surface area contributed by atoms with Gasteiger partial charge in [0.2, 0.25) is 16.0 Å². The van der Waals surface area contributed by atoms with Crippen molar-refractivity contribution in [3.8, 4) is 10.4 Å². The third kappa shape index (κ3) is 6.05. The van der Waals surface area contributed by atoms with Crippen molar-refractivity contribution in [1.82, 2.24) is 24.6 Å². The molecule has 0 unspecified atom stereocenters. The highest BCUT2D eigenvalue weighted by molar-refractivity contribution is 7.89. The van der Waals surface area contributed by atoms with Crippen LogP contribution in [-0.2, 0) is 14.8 Å². The van der Waals surface area contributed by atoms with Crippen LogP contribution >= 0.6 is 11.3 Å². The normalized spacial score (nSPS) is 18.4. The second kappa shape index (κ2) is 11.0. The number of hydrogen-bond acceptors (Lipinski definition) is 8. The molecule has 194 valence electrons. The second-order valence-corrected chi connectivity index (χ2v) is 12.5. The first kappa shape index (κ1) is 26.1. The number of hydrogen-bond donors (Lipinski definition) is 3. The maximum Gasteiger partial charge on any atom is 0.407 e. The van der Waals surface area contributed by atoms with E-state index in [2.05, 4.69) is 25.6 Å². The molecule has 0 bridgehead atoms. The number of imidazole rings is 1. The fraction of sp³-hybridized carbons (Fsp3) is 0.458. The first-order valence-electron chi connectivity index (χ1n) is 11.9. The molecule has 10 nitrogen and oxygen atoms in total. The molecule has 0 atom stereocenters. The van der Waals surface area contributed by atoms with Crippen LogP contribution in [0.5, 0.6) is 0 Å². The molecule has 0 saturated heterocycles. The molecule has 2 heterocycles. The van der Waals surface area contributed by atoms with E-state index in [0.29, 0.717) is 17.2 Å². The number of H-pyrrole nitrogens is 1. The molecule has 1 saturated carbocycles. The average Bonchev–Trinajstić information content (AvgIpc) is 3.51. The Labute approximate surface area is 215 Å². The van der Waals surface area contributed by atoms with E-state index < -0.39 is 10.0 Å². The van der Waals surface area contributed by atoms with Gasteiger partial charge in [-0.1, -0.05) is 6.07 Å². The molecular formula is C24H32N6O4S2. The van der Waals surface area contributed by atoms with Gasteiger partial charge in [-0.05, 0) is 51.7 Å². The average molecular weight is 533 g/mol. The molecule has 0 spiro atoms. The van der Waals surface area contributed by atoms with E-state index in [1.165, 1.54) is 29.7 Å². The largest absolute Gasteiger partial charge is 0.447 e. The fourth-order valence-electron chi connectivity index (χ4n) is 4.18. The number of nitrogens with zero attached hydrogens (tertiary/aromatic N) is 3. The van der Waals surface area contributed by atoms with Crippen LogP contribution < -0.4 is 10.6 Å². The van der Waals surface area contributed by atoms with Gasteiger partial charge in [0.1, 0.15) is 0 Å². The number of aromatic amines is 1. The Morgan fingerprint density at radius 2 is 1.94 bits per heavy atom. The van der Waals surface area contributed by atoms with E-state index in [4.69, 9.17) is 4.74 Å². The van der Waals surface area contributed by atoms with Crippen LogP contribution in [0, 0.1) is 0 Å². The molecule has 3 aromatic rings. The van der Waals surface area contributed by atoms with Crippen LogP contribution in [0.2, 0.25) is 0 Å². The summed E-state index contributed by atoms with van der Waals surface area (Å²) in [4.78, 5) is 24.7. The van der Waals surface area contributed by atoms with E-state index in [1.54, 1.807) is 30.7 Å². The number of benzene rings is 1. The van der Waals surface area contributed by atoms with E-state index in [0.717, 1.165) is 35.6 Å². The standard InChI is InChI=1S/C24H32N6O4S2/c1-15(2)34-24(31)29-17-7-5-16(6-8-17)22-27-14-20(35-22)19-10-9-18(28-23-25-11-12-26-23)13-21(19)36(32,33)30(3)4/h9-17H,5-8H2,1-4H3,(H,29,31)(H2,25,26,28)/t16-,17-. The van der Waals surface area contributed by atoms with Gasteiger partial charge in [-0.25, -0.2) is 27.5 Å². The second-order valence-electron chi connectivity index (χ2n) is 9.27. The molecule has 1 aromatic carbocycles. The van der Waals surface area contributed by atoms with Gasteiger partial charge in [-0.3, -0.25) is 0 Å². The molecule has 4 rings (SSSR count). The smallest absolute Gasteiger partial charge is 0.407 e. The van der Waals surface area contributed by atoms with Crippen molar-refractivity contribution in [3.05, 3.63) is 41.8 Å². The van der Waals surface area contributed by atoms with Crippen molar-refractivity contribution in [1.29, 1.82) is 0 Å². The zero-order valence-corrected chi connectivity index (χ0v) is 22.4. The lowest BCUT2D eigenvalue weighted by Crippen LogP contribution is -2.38. The van der Waals surface area contributed by atoms with Crippen molar-refractivity contribution in [2.75, 3.05) is 19.4 Å². The van der Waals surface area contributed by atoms with Crippen LogP contribution in [0.15, 0.2) is 41.7 Å². The predicted molar refractivity (Wildman–Crippen MR) is 140 cm³/mol. The summed E-state index contributed by atoms with van der Waals surface area (Å²) in [7, 11) is -0.669. The Bertz CT molecular complexity index is 1280. The molecule has 1 amide bonds. The van der Waals surface area contributed by atoms with Crippen molar-refractivity contribution >= 4 is 39.1 Å². The quantitative estimate of drug-likeness (QED) is 0.384. The number of sulfonamides is 1. The topological polar surface area (TPSA) is 129 Å². The Morgan fingerprint density at radius 3 is 2.58 bits per heavy atom. The maximum absolute atomic E-state index is 13.2. The van der Waals surface area contributed by atoms with Gasteiger partial charge in [0.05, 0.1) is 20.9 Å². The number of carbonyl (C=O) groups excluding carboxylic acids is 1. The number of thiazole rings is 1. The van der Waals surface area contributed by atoms with E-state index in [9.17, 15) is 13.2 Å². The monoisotopic (exact) mass is 532 g/mol. The first-order valence-corrected chi connectivity index (χ1v) is 14.2. The number of rotatable bonds is 8. The van der Waals surface area contributed by atoms with Gasteiger partial charge in [-0.15, -0.1) is 11.3 Å². The summed E-state index contributed by atoms with van der Waals surface area (Å²) < 4.78 is 32.8. The van der Waals surface area contributed by atoms with Gasteiger partial charge in [0.15, 0.2) is 0 Å². The van der Waals surface area contributed by atoms with Crippen molar-refractivity contribution < 1.29 is 17.9 Å². The molecule has 0 aliphatic heterocycles. The number of amides is 1. The summed E-state index contributed by atoms with van der Waals surface area (Å²) in [5.74, 6) is 0.801. The number of nitrogens with one attached hydrogen (secondary N) is 3. The summed E-state index contributed by atoms with van der Waals surface area (Å²) in [6.07, 6.45) is 8.04. The third-order valence-corrected chi connectivity index (χ3v) is 9.08. The van der Waals surface area contributed by atoms with Crippen molar-refractivity contribution in [2.45, 2.75) is 62.5 Å². The molecule has 1 aliphatic rings. The van der Waals surface area contributed by atoms with E-state index >= 15 is 0 Å². The summed E-state index contributed by atoms with van der Waals surface area (Å²) in [5, 5.41) is 7.03. The van der Waals surface area contributed by atoms with Crippen LogP contribution in [-0.4, -0.2) is 60.0 Å². The fourth-order valence-corrected chi connectivity index (χ4v) is 6.50. The van der Waals surface area contributed by atoms with Crippen molar-refractivity contribution in [2.24, 2.45) is 0 Å². The Kier molecular flexibility index (Phi) is 7.96. The predicted octanol–water partition coefficient (Wildman–Crippen LogP) is 4.69. The lowest BCUT2D eigenvalue weighted by molar-refractivity contribution is 0.109. The summed E-state index contributed by atoms with van der Waals surface area (Å²) in [5.41, 5.74) is 1.23. The number of alkyl carbamates (subject to hydrolysis) is 1. The van der Waals surface area contributed by atoms with Crippen LogP contribution in [0.4, 0.5) is 16.4 Å². The molecule has 1 aliphatic carbocycles. The number of ether oxygens (including phenoxy) is 1. The minimum absolute atomic E-state index is 0.0953. The Morgan fingerprint density at radius 1 is 1.19 bits per heavy atom. The van der Waals surface area contributed by atoms with Gasteiger partial charge in [0.25, 0.3) is 0 Å². The Balaban J connectivity index is 1.52. The number of carbonyl (C=O) groups is 1. The summed E-state index contributed by atoms with van der Waals surface area (Å²) in [6.45, 7) is 3.66. The van der Waals surface area contributed by atoms with Crippen molar-refractivity contribution in [3.63, 3.8) is 0 Å². The van der Waals surface area contributed by atoms with Gasteiger partial charge in [0, 0.05) is 55.9 Å². The summed E-state index contributed by atoms with van der Waals surface area (Å²) >= 11 is 1.52. The molecule has 2 aromatic heterocycles. The molecule has 3 N–H and O–H groups in total. The number of aromatic nitrogens is 3. The van der Waals surface area contributed by atoms with Gasteiger partial charge >= 0.3 is 6.09 Å². The van der Waals surface area contributed by atoms with E-state index in [1.807, 2.05) is 19.9 Å². The van der Waals surface area contributed by atoms with Crippen LogP contribution in [0.1, 0.15) is 50.5 Å². The van der Waals surface area contributed by atoms with E-state index in [-0.39, 0.29) is 29.1 Å². The summed E-state index contributed by atoms with van der Waals surface area (Å²) in [6, 6.07) is 5.36.